The van der Waals surface area contributed by atoms with Crippen LogP contribution in [0.1, 0.15) is 26.5 Å². The van der Waals surface area contributed by atoms with Gasteiger partial charge in [0, 0.05) is 19.3 Å². The Kier molecular flexibility index (Phi) is 4.59. The summed E-state index contributed by atoms with van der Waals surface area (Å²) in [6.07, 6.45) is 3.95. The van der Waals surface area contributed by atoms with E-state index in [1.807, 2.05) is 13.0 Å². The van der Waals surface area contributed by atoms with Crippen LogP contribution in [0.25, 0.3) is 0 Å². The molecular formula is C13H23N3. The molecule has 90 valence electrons. The Hall–Kier alpha value is -1.25. The Morgan fingerprint density at radius 2 is 2.19 bits per heavy atom. The minimum Gasteiger partial charge on any atom is -0.352 e. The molecule has 0 aromatic carbocycles. The first-order valence-corrected chi connectivity index (χ1v) is 5.93. The molecule has 3 nitrogen and oxygen atoms in total. The monoisotopic (exact) mass is 221 g/mol. The molecule has 0 saturated carbocycles. The highest BCUT2D eigenvalue weighted by atomic mass is 15.2. The molecule has 0 aliphatic heterocycles. The van der Waals surface area contributed by atoms with Crippen molar-refractivity contribution >= 4 is 5.95 Å². The van der Waals surface area contributed by atoms with Gasteiger partial charge in [0.1, 0.15) is 0 Å². The van der Waals surface area contributed by atoms with Gasteiger partial charge in [-0.05, 0) is 18.8 Å². The molecule has 0 saturated heterocycles. The van der Waals surface area contributed by atoms with E-state index < -0.39 is 0 Å². The summed E-state index contributed by atoms with van der Waals surface area (Å²) in [6, 6.07) is 0. The number of nitrogens with zero attached hydrogens (tertiary/aromatic N) is 2. The number of rotatable bonds is 6. The van der Waals surface area contributed by atoms with E-state index in [9.17, 15) is 0 Å². The van der Waals surface area contributed by atoms with E-state index in [2.05, 4.69) is 48.4 Å². The lowest BCUT2D eigenvalue weighted by atomic mass is 9.98. The average Bonchev–Trinajstić information content (AvgIpc) is 2.55. The van der Waals surface area contributed by atoms with Crippen LogP contribution >= 0.6 is 0 Å². The van der Waals surface area contributed by atoms with Crippen LogP contribution in [0.2, 0.25) is 0 Å². The number of hydrogen-bond acceptors (Lipinski definition) is 2. The molecule has 0 spiro atoms. The number of aromatic nitrogens is 2. The molecular weight excluding hydrogens is 198 g/mol. The van der Waals surface area contributed by atoms with Gasteiger partial charge in [-0.3, -0.25) is 0 Å². The number of anilines is 1. The minimum absolute atomic E-state index is 0.651. The Morgan fingerprint density at radius 1 is 1.50 bits per heavy atom. The third-order valence-corrected chi connectivity index (χ3v) is 2.92. The molecule has 0 aliphatic carbocycles. The van der Waals surface area contributed by atoms with Gasteiger partial charge in [0.05, 0.1) is 5.69 Å². The second-order valence-corrected chi connectivity index (χ2v) is 4.75. The SMILES string of the molecule is C=CCNc1nc(C)cn1CC(C)C(C)C. The molecule has 1 atom stereocenters. The van der Waals surface area contributed by atoms with E-state index >= 15 is 0 Å². The van der Waals surface area contributed by atoms with Gasteiger partial charge >= 0.3 is 0 Å². The fraction of sp³-hybridized carbons (Fsp3) is 0.615. The maximum atomic E-state index is 4.46. The predicted octanol–water partition coefficient (Wildman–Crippen LogP) is 3.08. The van der Waals surface area contributed by atoms with E-state index in [1.165, 1.54) is 0 Å². The summed E-state index contributed by atoms with van der Waals surface area (Å²) < 4.78 is 2.20. The maximum absolute atomic E-state index is 4.46. The maximum Gasteiger partial charge on any atom is 0.203 e. The number of nitrogens with one attached hydrogen (secondary N) is 1. The molecule has 1 aromatic heterocycles. The van der Waals surface area contributed by atoms with Crippen molar-refractivity contribution in [2.45, 2.75) is 34.2 Å². The van der Waals surface area contributed by atoms with Crippen molar-refractivity contribution in [3.05, 3.63) is 24.5 Å². The summed E-state index contributed by atoms with van der Waals surface area (Å²) >= 11 is 0. The van der Waals surface area contributed by atoms with Crippen LogP contribution in [0.5, 0.6) is 0 Å². The zero-order valence-electron chi connectivity index (χ0n) is 10.8. The van der Waals surface area contributed by atoms with E-state index in [0.717, 1.165) is 24.7 Å². The normalized spacial score (nSPS) is 12.8. The van der Waals surface area contributed by atoms with Crippen molar-refractivity contribution in [1.29, 1.82) is 0 Å². The first kappa shape index (κ1) is 12.8. The fourth-order valence-corrected chi connectivity index (χ4v) is 1.51. The summed E-state index contributed by atoms with van der Waals surface area (Å²) in [5.41, 5.74) is 1.06. The van der Waals surface area contributed by atoms with Crippen molar-refractivity contribution < 1.29 is 0 Å². The first-order valence-electron chi connectivity index (χ1n) is 5.93. The van der Waals surface area contributed by atoms with Gasteiger partial charge in [0.15, 0.2) is 0 Å². The number of hydrogen-bond donors (Lipinski definition) is 1. The molecule has 0 radical (unpaired) electrons. The van der Waals surface area contributed by atoms with Gasteiger partial charge in [-0.15, -0.1) is 6.58 Å². The largest absolute Gasteiger partial charge is 0.352 e. The fourth-order valence-electron chi connectivity index (χ4n) is 1.51. The second kappa shape index (κ2) is 5.73. The van der Waals surface area contributed by atoms with E-state index in [0.29, 0.717) is 11.8 Å². The van der Waals surface area contributed by atoms with Crippen molar-refractivity contribution in [3.63, 3.8) is 0 Å². The minimum atomic E-state index is 0.651. The average molecular weight is 221 g/mol. The summed E-state index contributed by atoms with van der Waals surface area (Å²) in [7, 11) is 0. The molecule has 1 heterocycles. The third-order valence-electron chi connectivity index (χ3n) is 2.92. The van der Waals surface area contributed by atoms with Crippen LogP contribution in [0.3, 0.4) is 0 Å². The van der Waals surface area contributed by atoms with Crippen molar-refractivity contribution in [2.24, 2.45) is 11.8 Å². The molecule has 0 fully saturated rings. The zero-order chi connectivity index (χ0) is 12.1. The quantitative estimate of drug-likeness (QED) is 0.748. The predicted molar refractivity (Wildman–Crippen MR) is 69.7 cm³/mol. The van der Waals surface area contributed by atoms with Crippen LogP contribution in [0, 0.1) is 18.8 Å². The summed E-state index contributed by atoms with van der Waals surface area (Å²) in [4.78, 5) is 4.46. The Morgan fingerprint density at radius 3 is 2.75 bits per heavy atom. The van der Waals surface area contributed by atoms with Crippen LogP contribution < -0.4 is 5.32 Å². The molecule has 0 aliphatic rings. The molecule has 16 heavy (non-hydrogen) atoms. The summed E-state index contributed by atoms with van der Waals surface area (Å²) in [6.45, 7) is 14.3. The zero-order valence-corrected chi connectivity index (χ0v) is 10.8. The molecule has 3 heteroatoms. The van der Waals surface area contributed by atoms with Crippen molar-refractivity contribution in [2.75, 3.05) is 11.9 Å². The standard InChI is InChI=1S/C13H23N3/c1-6-7-14-13-15-12(5)9-16(13)8-11(4)10(2)3/h6,9-11H,1,7-8H2,2-5H3,(H,14,15). The van der Waals surface area contributed by atoms with Gasteiger partial charge in [-0.2, -0.15) is 0 Å². The van der Waals surface area contributed by atoms with E-state index in [1.54, 1.807) is 0 Å². The van der Waals surface area contributed by atoms with Gasteiger partial charge < -0.3 is 9.88 Å². The smallest absolute Gasteiger partial charge is 0.203 e. The number of imidazole rings is 1. The summed E-state index contributed by atoms with van der Waals surface area (Å²) in [5.74, 6) is 2.29. The molecule has 1 rings (SSSR count). The van der Waals surface area contributed by atoms with E-state index in [-0.39, 0.29) is 0 Å². The van der Waals surface area contributed by atoms with Crippen LogP contribution in [0.4, 0.5) is 5.95 Å². The van der Waals surface area contributed by atoms with Gasteiger partial charge in [0.2, 0.25) is 5.95 Å². The van der Waals surface area contributed by atoms with Crippen molar-refractivity contribution in [3.8, 4) is 0 Å². The first-order chi connectivity index (χ1) is 7.54. The van der Waals surface area contributed by atoms with Crippen LogP contribution in [-0.4, -0.2) is 16.1 Å². The Labute approximate surface area is 98.6 Å². The summed E-state index contributed by atoms with van der Waals surface area (Å²) in [5, 5.41) is 3.26. The van der Waals surface area contributed by atoms with Crippen LogP contribution in [0.15, 0.2) is 18.9 Å². The number of aryl methyl sites for hydroxylation is 1. The van der Waals surface area contributed by atoms with Crippen molar-refractivity contribution in [1.82, 2.24) is 9.55 Å². The lowest BCUT2D eigenvalue weighted by molar-refractivity contribution is 0.366. The molecule has 0 amide bonds. The highest BCUT2D eigenvalue weighted by molar-refractivity contribution is 5.29. The van der Waals surface area contributed by atoms with E-state index in [4.69, 9.17) is 0 Å². The third kappa shape index (κ3) is 3.40. The van der Waals surface area contributed by atoms with Gasteiger partial charge in [-0.25, -0.2) is 4.98 Å². The molecule has 1 N–H and O–H groups in total. The highest BCUT2D eigenvalue weighted by Crippen LogP contribution is 2.16. The lowest BCUT2D eigenvalue weighted by Gasteiger charge is -2.17. The molecule has 1 unspecified atom stereocenters. The Bertz CT molecular complexity index is 339. The Balaban J connectivity index is 2.73. The van der Waals surface area contributed by atoms with Gasteiger partial charge in [0.25, 0.3) is 0 Å². The molecule has 1 aromatic rings. The molecule has 0 bridgehead atoms. The van der Waals surface area contributed by atoms with Crippen LogP contribution in [-0.2, 0) is 6.54 Å². The lowest BCUT2D eigenvalue weighted by Crippen LogP contribution is -2.15. The second-order valence-electron chi connectivity index (χ2n) is 4.75. The topological polar surface area (TPSA) is 29.9 Å². The van der Waals surface area contributed by atoms with Gasteiger partial charge in [-0.1, -0.05) is 26.8 Å². The highest BCUT2D eigenvalue weighted by Gasteiger charge is 2.11.